The van der Waals surface area contributed by atoms with Crippen molar-refractivity contribution in [3.05, 3.63) is 23.2 Å². The third-order valence-electron chi connectivity index (χ3n) is 3.73. The lowest BCUT2D eigenvalue weighted by Gasteiger charge is -2.33. The van der Waals surface area contributed by atoms with E-state index in [1.54, 1.807) is 13.0 Å². The average Bonchev–Trinajstić information content (AvgIpc) is 2.74. The highest BCUT2D eigenvalue weighted by Crippen LogP contribution is 2.21. The van der Waals surface area contributed by atoms with Crippen LogP contribution < -0.4 is 11.3 Å². The molecular weight excluding hydrogens is 246 g/mol. The van der Waals surface area contributed by atoms with Crippen LogP contribution in [0.4, 0.5) is 0 Å². The minimum atomic E-state index is -0.347. The predicted molar refractivity (Wildman–Crippen MR) is 70.2 cm³/mol. The Labute approximate surface area is 112 Å². The summed E-state index contributed by atoms with van der Waals surface area (Å²) in [5, 5.41) is 9.86. The van der Waals surface area contributed by atoms with Gasteiger partial charge in [0.15, 0.2) is 0 Å². The van der Waals surface area contributed by atoms with Crippen LogP contribution in [0.25, 0.3) is 0 Å². The van der Waals surface area contributed by atoms with Gasteiger partial charge in [0, 0.05) is 6.54 Å². The van der Waals surface area contributed by atoms with Crippen LogP contribution in [0, 0.1) is 12.8 Å². The zero-order chi connectivity index (χ0) is 14.0. The smallest absolute Gasteiger partial charge is 0.268 e. The number of aryl methyl sites for hydroxylation is 1. The van der Waals surface area contributed by atoms with Gasteiger partial charge in [0.2, 0.25) is 0 Å². The number of nitrogens with zero attached hydrogens (tertiary/aromatic N) is 1. The Morgan fingerprint density at radius 2 is 2.42 bits per heavy atom. The van der Waals surface area contributed by atoms with Crippen LogP contribution in [-0.4, -0.2) is 35.1 Å². The summed E-state index contributed by atoms with van der Waals surface area (Å²) in [4.78, 5) is 13.6. The van der Waals surface area contributed by atoms with E-state index in [-0.39, 0.29) is 12.0 Å². The topological polar surface area (TPSA) is 91.7 Å². The molecule has 1 aliphatic heterocycles. The highest BCUT2D eigenvalue weighted by Gasteiger charge is 2.25. The van der Waals surface area contributed by atoms with Gasteiger partial charge in [0.1, 0.15) is 11.5 Å². The molecule has 1 amide bonds. The minimum absolute atomic E-state index is 0.295. The standard InChI is InChI=1S/C13H21N3O3/c1-8-3-4-16(7-12(8)17)6-10-5-11(9(2)19-10)13(18)15-14/h5,8,12,17H,3-4,6-7,14H2,1-2H3,(H,15,18). The van der Waals surface area contributed by atoms with Gasteiger partial charge < -0.3 is 9.52 Å². The Kier molecular flexibility index (Phi) is 4.24. The van der Waals surface area contributed by atoms with Gasteiger partial charge in [-0.2, -0.15) is 0 Å². The summed E-state index contributed by atoms with van der Waals surface area (Å²) in [7, 11) is 0. The van der Waals surface area contributed by atoms with E-state index < -0.39 is 0 Å². The van der Waals surface area contributed by atoms with Gasteiger partial charge in [0.05, 0.1) is 18.2 Å². The lowest BCUT2D eigenvalue weighted by atomic mass is 9.96. The van der Waals surface area contributed by atoms with Crippen molar-refractivity contribution in [2.75, 3.05) is 13.1 Å². The van der Waals surface area contributed by atoms with Crippen molar-refractivity contribution in [1.82, 2.24) is 10.3 Å². The van der Waals surface area contributed by atoms with Crippen LogP contribution >= 0.6 is 0 Å². The van der Waals surface area contributed by atoms with Crippen molar-refractivity contribution >= 4 is 5.91 Å². The molecule has 0 aromatic carbocycles. The van der Waals surface area contributed by atoms with Gasteiger partial charge in [-0.1, -0.05) is 6.92 Å². The summed E-state index contributed by atoms with van der Waals surface area (Å²) >= 11 is 0. The van der Waals surface area contributed by atoms with Gasteiger partial charge in [-0.05, 0) is 31.9 Å². The molecule has 19 heavy (non-hydrogen) atoms. The molecule has 1 fully saturated rings. The second-order valence-electron chi connectivity index (χ2n) is 5.22. The van der Waals surface area contributed by atoms with E-state index >= 15 is 0 Å². The van der Waals surface area contributed by atoms with Crippen molar-refractivity contribution in [3.63, 3.8) is 0 Å². The molecule has 2 rings (SSSR count). The van der Waals surface area contributed by atoms with E-state index in [0.29, 0.717) is 30.3 Å². The number of hydrogen-bond donors (Lipinski definition) is 3. The first-order chi connectivity index (χ1) is 9.01. The summed E-state index contributed by atoms with van der Waals surface area (Å²) in [6.07, 6.45) is 0.674. The third kappa shape index (κ3) is 3.15. The van der Waals surface area contributed by atoms with Gasteiger partial charge in [-0.25, -0.2) is 5.84 Å². The highest BCUT2D eigenvalue weighted by atomic mass is 16.3. The molecule has 0 radical (unpaired) electrons. The number of nitrogens with two attached hydrogens (primary N) is 1. The van der Waals surface area contributed by atoms with E-state index in [1.807, 2.05) is 0 Å². The zero-order valence-electron chi connectivity index (χ0n) is 11.3. The fourth-order valence-electron chi connectivity index (χ4n) is 2.40. The number of rotatable bonds is 3. The number of aliphatic hydroxyl groups excluding tert-OH is 1. The molecule has 1 aromatic heterocycles. The molecule has 2 unspecified atom stereocenters. The number of hydrazine groups is 1. The Balaban J connectivity index is 2.02. The number of piperidine rings is 1. The van der Waals surface area contributed by atoms with E-state index in [4.69, 9.17) is 10.3 Å². The molecule has 1 aromatic rings. The predicted octanol–water partition coefficient (Wildman–Crippen LogP) is 0.394. The molecular formula is C13H21N3O3. The monoisotopic (exact) mass is 267 g/mol. The Morgan fingerprint density at radius 3 is 3.05 bits per heavy atom. The van der Waals surface area contributed by atoms with Crippen molar-refractivity contribution < 1.29 is 14.3 Å². The quantitative estimate of drug-likeness (QED) is 0.419. The zero-order valence-corrected chi connectivity index (χ0v) is 11.3. The van der Waals surface area contributed by atoms with Crippen molar-refractivity contribution in [3.8, 4) is 0 Å². The lowest BCUT2D eigenvalue weighted by molar-refractivity contribution is 0.0233. The molecule has 106 valence electrons. The summed E-state index contributed by atoms with van der Waals surface area (Å²) in [5.41, 5.74) is 2.56. The number of nitrogens with one attached hydrogen (secondary N) is 1. The molecule has 1 aliphatic rings. The number of carbonyl (C=O) groups excluding carboxylic acids is 1. The minimum Gasteiger partial charge on any atom is -0.464 e. The SMILES string of the molecule is Cc1oc(CN2CCC(C)C(O)C2)cc1C(=O)NN. The number of amides is 1. The normalized spacial score (nSPS) is 24.4. The molecule has 0 spiro atoms. The van der Waals surface area contributed by atoms with E-state index in [0.717, 1.165) is 18.7 Å². The first-order valence-electron chi connectivity index (χ1n) is 6.52. The highest BCUT2D eigenvalue weighted by molar-refractivity contribution is 5.94. The third-order valence-corrected chi connectivity index (χ3v) is 3.73. The Hall–Kier alpha value is -1.37. The van der Waals surface area contributed by atoms with Crippen molar-refractivity contribution in [2.24, 2.45) is 11.8 Å². The molecule has 2 heterocycles. The maximum absolute atomic E-state index is 11.5. The number of hydrogen-bond acceptors (Lipinski definition) is 5. The van der Waals surface area contributed by atoms with E-state index in [1.165, 1.54) is 0 Å². The number of carbonyl (C=O) groups is 1. The molecule has 0 aliphatic carbocycles. The summed E-state index contributed by atoms with van der Waals surface area (Å²) in [6, 6.07) is 1.71. The fraction of sp³-hybridized carbons (Fsp3) is 0.615. The largest absolute Gasteiger partial charge is 0.464 e. The number of likely N-dealkylation sites (tertiary alicyclic amines) is 1. The van der Waals surface area contributed by atoms with Crippen LogP contribution in [0.2, 0.25) is 0 Å². The summed E-state index contributed by atoms with van der Waals surface area (Å²) in [6.45, 7) is 5.96. The number of aliphatic hydroxyl groups is 1. The van der Waals surface area contributed by atoms with Gasteiger partial charge in [-0.15, -0.1) is 0 Å². The molecule has 0 bridgehead atoms. The fourth-order valence-corrected chi connectivity index (χ4v) is 2.40. The van der Waals surface area contributed by atoms with Crippen LogP contribution in [0.5, 0.6) is 0 Å². The molecule has 1 saturated heterocycles. The molecule has 0 saturated carbocycles. The molecule has 6 heteroatoms. The maximum Gasteiger partial charge on any atom is 0.268 e. The first-order valence-corrected chi connectivity index (χ1v) is 6.52. The summed E-state index contributed by atoms with van der Waals surface area (Å²) in [5.74, 6) is 6.39. The summed E-state index contributed by atoms with van der Waals surface area (Å²) < 4.78 is 5.56. The molecule has 4 N–H and O–H groups in total. The van der Waals surface area contributed by atoms with Gasteiger partial charge in [0.25, 0.3) is 5.91 Å². The van der Waals surface area contributed by atoms with Crippen molar-refractivity contribution in [1.29, 1.82) is 0 Å². The Morgan fingerprint density at radius 1 is 1.68 bits per heavy atom. The van der Waals surface area contributed by atoms with Crippen LogP contribution in [0.3, 0.4) is 0 Å². The van der Waals surface area contributed by atoms with Gasteiger partial charge in [-0.3, -0.25) is 15.1 Å². The lowest BCUT2D eigenvalue weighted by Crippen LogP contribution is -2.42. The molecule has 6 nitrogen and oxygen atoms in total. The number of β-amino-alcohol motifs (C(OH)–C–C–N with tert-alkyl or cyclic N) is 1. The van der Waals surface area contributed by atoms with Crippen LogP contribution in [-0.2, 0) is 6.54 Å². The number of nitrogen functional groups attached to an aromatic ring is 1. The van der Waals surface area contributed by atoms with Crippen LogP contribution in [0.1, 0.15) is 35.2 Å². The molecule has 2 atom stereocenters. The number of furan rings is 1. The van der Waals surface area contributed by atoms with E-state index in [9.17, 15) is 9.90 Å². The second-order valence-corrected chi connectivity index (χ2v) is 5.22. The van der Waals surface area contributed by atoms with Crippen molar-refractivity contribution in [2.45, 2.75) is 32.9 Å². The van der Waals surface area contributed by atoms with E-state index in [2.05, 4.69) is 17.2 Å². The van der Waals surface area contributed by atoms with Gasteiger partial charge >= 0.3 is 0 Å². The maximum atomic E-state index is 11.5. The first kappa shape index (κ1) is 14.0. The average molecular weight is 267 g/mol. The second kappa shape index (κ2) is 5.73. The Bertz CT molecular complexity index is 458. The van der Waals surface area contributed by atoms with Crippen LogP contribution in [0.15, 0.2) is 10.5 Å².